The van der Waals surface area contributed by atoms with Crippen LogP contribution in [0.25, 0.3) is 22.3 Å². The lowest BCUT2D eigenvalue weighted by atomic mass is 10.1. The van der Waals surface area contributed by atoms with Crippen LogP contribution in [-0.2, 0) is 0 Å². The highest BCUT2D eigenvalue weighted by molar-refractivity contribution is 7.78. The van der Waals surface area contributed by atoms with Crippen molar-refractivity contribution in [3.8, 4) is 34.3 Å². The molecule has 0 atom stereocenters. The summed E-state index contributed by atoms with van der Waals surface area (Å²) < 4.78 is 15.6. The first-order valence-electron chi connectivity index (χ1n) is 6.82. The second-order valence-corrected chi connectivity index (χ2v) is 5.06. The average Bonchev–Trinajstić information content (AvgIpc) is 2.55. The summed E-state index contributed by atoms with van der Waals surface area (Å²) in [6, 6.07) is 9.22. The minimum absolute atomic E-state index is 0.0486. The number of hydrogen-bond acceptors (Lipinski definition) is 7. The van der Waals surface area contributed by atoms with Gasteiger partial charge in [-0.1, -0.05) is 0 Å². The van der Waals surface area contributed by atoms with Gasteiger partial charge >= 0.3 is 0 Å². The molecule has 6 nitrogen and oxygen atoms in total. The standard InChI is InChI=1S/C17H12O6S/c1-21-17-12(19)7-14-15(16(17)20)11(18)6-13(23-14)9-2-4-10(5-3-9)22-8-24/h2-8,19-20H,1H3. The fraction of sp³-hybridized carbons (Fsp3) is 0.0588. The minimum Gasteiger partial charge on any atom is -0.504 e. The molecule has 0 saturated heterocycles. The van der Waals surface area contributed by atoms with Crippen LogP contribution >= 0.6 is 12.2 Å². The maximum atomic E-state index is 12.3. The third-order valence-electron chi connectivity index (χ3n) is 3.45. The largest absolute Gasteiger partial charge is 0.504 e. The normalized spacial score (nSPS) is 10.5. The zero-order valence-corrected chi connectivity index (χ0v) is 13.3. The quantitative estimate of drug-likeness (QED) is 0.702. The van der Waals surface area contributed by atoms with Crippen molar-refractivity contribution in [2.24, 2.45) is 0 Å². The summed E-state index contributed by atoms with van der Waals surface area (Å²) in [6.07, 6.45) is 0. The van der Waals surface area contributed by atoms with Gasteiger partial charge in [-0.3, -0.25) is 4.79 Å². The molecule has 2 N–H and O–H groups in total. The summed E-state index contributed by atoms with van der Waals surface area (Å²) >= 11 is 4.61. The number of thiocarbonyl (C=S) groups is 1. The number of ether oxygens (including phenoxy) is 2. The van der Waals surface area contributed by atoms with Crippen LogP contribution in [0.3, 0.4) is 0 Å². The van der Waals surface area contributed by atoms with Crippen molar-refractivity contribution >= 4 is 28.7 Å². The Labute approximate surface area is 141 Å². The second kappa shape index (κ2) is 6.21. The second-order valence-electron chi connectivity index (χ2n) is 4.86. The predicted octanol–water partition coefficient (Wildman–Crippen LogP) is 3.22. The third-order valence-corrected chi connectivity index (χ3v) is 3.55. The summed E-state index contributed by atoms with van der Waals surface area (Å²) in [6.45, 7) is 0. The molecule has 1 aromatic heterocycles. The van der Waals surface area contributed by atoms with Gasteiger partial charge in [0.2, 0.25) is 5.75 Å². The van der Waals surface area contributed by atoms with Crippen LogP contribution in [0.2, 0.25) is 0 Å². The highest BCUT2D eigenvalue weighted by Crippen LogP contribution is 2.41. The highest BCUT2D eigenvalue weighted by Gasteiger charge is 2.18. The van der Waals surface area contributed by atoms with Crippen LogP contribution in [0.1, 0.15) is 0 Å². The molecule has 3 rings (SSSR count). The summed E-state index contributed by atoms with van der Waals surface area (Å²) in [5.74, 6) is -0.128. The van der Waals surface area contributed by atoms with Crippen molar-refractivity contribution < 1.29 is 24.1 Å². The van der Waals surface area contributed by atoms with Crippen molar-refractivity contribution in [2.45, 2.75) is 0 Å². The Morgan fingerprint density at radius 3 is 2.50 bits per heavy atom. The van der Waals surface area contributed by atoms with E-state index in [1.165, 1.54) is 19.2 Å². The molecule has 0 bridgehead atoms. The molecule has 0 amide bonds. The molecule has 0 unspecified atom stereocenters. The van der Waals surface area contributed by atoms with Gasteiger partial charge < -0.3 is 24.1 Å². The predicted molar refractivity (Wildman–Crippen MR) is 92.1 cm³/mol. The van der Waals surface area contributed by atoms with E-state index in [1.807, 2.05) is 0 Å². The molecule has 0 spiro atoms. The molecule has 0 aliphatic rings. The maximum absolute atomic E-state index is 12.3. The first-order valence-corrected chi connectivity index (χ1v) is 7.29. The Bertz CT molecular complexity index is 975. The van der Waals surface area contributed by atoms with Crippen molar-refractivity contribution in [1.29, 1.82) is 0 Å². The van der Waals surface area contributed by atoms with E-state index < -0.39 is 11.2 Å². The van der Waals surface area contributed by atoms with Crippen molar-refractivity contribution in [1.82, 2.24) is 0 Å². The molecule has 0 saturated carbocycles. The number of benzene rings is 2. The fourth-order valence-corrected chi connectivity index (χ4v) is 2.48. The molecule has 0 aliphatic heterocycles. The lowest BCUT2D eigenvalue weighted by molar-refractivity contribution is 0.346. The van der Waals surface area contributed by atoms with Crippen LogP contribution in [0.4, 0.5) is 0 Å². The summed E-state index contributed by atoms with van der Waals surface area (Å²) in [5.41, 5.74) is 1.36. The van der Waals surface area contributed by atoms with Crippen molar-refractivity contribution in [3.63, 3.8) is 0 Å². The van der Waals surface area contributed by atoms with Crippen LogP contribution in [0.15, 0.2) is 45.6 Å². The number of phenols is 2. The Kier molecular flexibility index (Phi) is 4.09. The molecule has 1 heterocycles. The van der Waals surface area contributed by atoms with E-state index in [0.717, 1.165) is 5.55 Å². The Morgan fingerprint density at radius 2 is 1.88 bits per heavy atom. The summed E-state index contributed by atoms with van der Waals surface area (Å²) in [5, 5.41) is 19.9. The number of rotatable bonds is 4. The van der Waals surface area contributed by atoms with E-state index in [2.05, 4.69) is 12.2 Å². The van der Waals surface area contributed by atoms with E-state index in [0.29, 0.717) is 11.3 Å². The first-order chi connectivity index (χ1) is 11.5. The molecule has 24 heavy (non-hydrogen) atoms. The Hall–Kier alpha value is -3.06. The number of fused-ring (bicyclic) bond motifs is 1. The molecule has 0 fully saturated rings. The molecule has 3 aromatic rings. The molecule has 0 radical (unpaired) electrons. The Balaban J connectivity index is 2.17. The third kappa shape index (κ3) is 2.65. The van der Waals surface area contributed by atoms with Crippen LogP contribution in [0, 0.1) is 0 Å². The highest BCUT2D eigenvalue weighted by atomic mass is 32.1. The number of aromatic hydroxyl groups is 2. The number of methoxy groups -OCH3 is 1. The number of hydrogen-bond donors (Lipinski definition) is 2. The van der Waals surface area contributed by atoms with Gasteiger partial charge in [-0.15, -0.1) is 0 Å². The molecular weight excluding hydrogens is 332 g/mol. The Morgan fingerprint density at radius 1 is 1.17 bits per heavy atom. The topological polar surface area (TPSA) is 89.1 Å². The lowest BCUT2D eigenvalue weighted by Gasteiger charge is -2.09. The molecule has 2 aromatic carbocycles. The van der Waals surface area contributed by atoms with Gasteiger partial charge in [-0.25, -0.2) is 0 Å². The number of phenolic OH excluding ortho intramolecular Hbond substituents is 2. The van der Waals surface area contributed by atoms with Gasteiger partial charge in [-0.05, 0) is 36.5 Å². The van der Waals surface area contributed by atoms with E-state index >= 15 is 0 Å². The van der Waals surface area contributed by atoms with E-state index in [-0.39, 0.29) is 28.2 Å². The van der Waals surface area contributed by atoms with Gasteiger partial charge in [0.15, 0.2) is 22.5 Å². The molecule has 7 heteroatoms. The van der Waals surface area contributed by atoms with Gasteiger partial charge in [0.25, 0.3) is 0 Å². The monoisotopic (exact) mass is 344 g/mol. The zero-order chi connectivity index (χ0) is 17.3. The molecular formula is C17H12O6S. The van der Waals surface area contributed by atoms with E-state index in [9.17, 15) is 15.0 Å². The van der Waals surface area contributed by atoms with Crippen molar-refractivity contribution in [3.05, 3.63) is 46.6 Å². The van der Waals surface area contributed by atoms with Crippen LogP contribution in [0.5, 0.6) is 23.0 Å². The van der Waals surface area contributed by atoms with E-state index in [4.69, 9.17) is 13.9 Å². The van der Waals surface area contributed by atoms with Crippen LogP contribution < -0.4 is 14.9 Å². The van der Waals surface area contributed by atoms with Gasteiger partial charge in [0.1, 0.15) is 22.5 Å². The smallest absolute Gasteiger partial charge is 0.203 e. The summed E-state index contributed by atoms with van der Waals surface area (Å²) in [7, 11) is 1.28. The van der Waals surface area contributed by atoms with Crippen molar-refractivity contribution in [2.75, 3.05) is 7.11 Å². The zero-order valence-electron chi connectivity index (χ0n) is 12.5. The maximum Gasteiger partial charge on any atom is 0.203 e. The molecule has 122 valence electrons. The van der Waals surface area contributed by atoms with Gasteiger partial charge in [0.05, 0.1) is 7.11 Å². The van der Waals surface area contributed by atoms with Gasteiger partial charge in [-0.2, -0.15) is 0 Å². The fourth-order valence-electron chi connectivity index (χ4n) is 2.37. The lowest BCUT2D eigenvalue weighted by Crippen LogP contribution is -2.02. The molecule has 0 aliphatic carbocycles. The van der Waals surface area contributed by atoms with Crippen LogP contribution in [-0.4, -0.2) is 22.9 Å². The van der Waals surface area contributed by atoms with E-state index in [1.54, 1.807) is 24.3 Å². The SMILES string of the molecule is COc1c(O)cc2oc(-c3ccc(OC=S)cc3)cc(=O)c2c1O. The average molecular weight is 344 g/mol. The minimum atomic E-state index is -0.461. The summed E-state index contributed by atoms with van der Waals surface area (Å²) in [4.78, 5) is 12.3. The first kappa shape index (κ1) is 15.8. The van der Waals surface area contributed by atoms with Gasteiger partial charge in [0, 0.05) is 17.7 Å².